The SMILES string of the molecule is CCc1ccc(C(N)=O)c(-c2c(Cl)c(F)cc3c2C[C@@](CN[C@H]2CC[C@](C)(O)CC2)(c2ccccc2)O3)c1F. The first-order chi connectivity index (χ1) is 18.5. The number of amides is 1. The number of aliphatic hydroxyl groups is 1. The van der Waals surface area contributed by atoms with E-state index in [0.29, 0.717) is 36.9 Å². The Labute approximate surface area is 232 Å². The molecule has 0 saturated heterocycles. The summed E-state index contributed by atoms with van der Waals surface area (Å²) < 4.78 is 37.7. The Kier molecular flexibility index (Phi) is 7.44. The molecule has 206 valence electrons. The van der Waals surface area contributed by atoms with E-state index in [1.807, 2.05) is 37.3 Å². The summed E-state index contributed by atoms with van der Waals surface area (Å²) in [7, 11) is 0. The molecular formula is C31H33ClF2N2O3. The van der Waals surface area contributed by atoms with E-state index in [1.54, 1.807) is 6.92 Å². The number of halogens is 3. The standard InChI is InChI=1S/C31H33ClF2N2O3/c1-3-18-9-10-21(29(35)37)26(28(18)34)25-22-16-31(19-7-5-4-6-8-19,39-24(22)15-23(33)27(25)32)17-36-20-11-13-30(2,38)14-12-20/h4-10,15,20,36,38H,3,11-14,16-17H2,1-2H3,(H2,35,37)/t20-,30-,31-/m1/s1. The van der Waals surface area contributed by atoms with E-state index < -0.39 is 28.7 Å². The molecule has 1 aliphatic heterocycles. The Hall–Kier alpha value is -3.00. The number of hydrogen-bond acceptors (Lipinski definition) is 4. The molecule has 2 aliphatic rings. The van der Waals surface area contributed by atoms with E-state index in [2.05, 4.69) is 5.32 Å². The molecule has 0 radical (unpaired) electrons. The van der Waals surface area contributed by atoms with Crippen molar-refractivity contribution in [1.82, 2.24) is 5.32 Å². The molecule has 8 heteroatoms. The van der Waals surface area contributed by atoms with Crippen LogP contribution in [0.1, 0.15) is 66.6 Å². The van der Waals surface area contributed by atoms with E-state index in [1.165, 1.54) is 18.2 Å². The Morgan fingerprint density at radius 1 is 1.15 bits per heavy atom. The average Bonchev–Trinajstić information content (AvgIpc) is 3.28. The predicted molar refractivity (Wildman–Crippen MR) is 148 cm³/mol. The maximum atomic E-state index is 15.9. The summed E-state index contributed by atoms with van der Waals surface area (Å²) in [4.78, 5) is 12.4. The van der Waals surface area contributed by atoms with Crippen LogP contribution in [0.3, 0.4) is 0 Å². The molecule has 0 aromatic heterocycles. The number of carbonyl (C=O) groups excluding carboxylic acids is 1. The van der Waals surface area contributed by atoms with Crippen LogP contribution in [0.4, 0.5) is 8.78 Å². The molecule has 3 aromatic rings. The molecule has 1 aliphatic carbocycles. The zero-order valence-electron chi connectivity index (χ0n) is 22.1. The summed E-state index contributed by atoms with van der Waals surface area (Å²) in [5.41, 5.74) is 5.74. The quantitative estimate of drug-likeness (QED) is 0.331. The fourth-order valence-electron chi connectivity index (χ4n) is 5.90. The van der Waals surface area contributed by atoms with Gasteiger partial charge < -0.3 is 20.9 Å². The highest BCUT2D eigenvalue weighted by Gasteiger charge is 2.44. The summed E-state index contributed by atoms with van der Waals surface area (Å²) in [6.45, 7) is 4.05. The van der Waals surface area contributed by atoms with Gasteiger partial charge in [0.1, 0.15) is 17.4 Å². The number of nitrogens with two attached hydrogens (primary N) is 1. The van der Waals surface area contributed by atoms with Crippen molar-refractivity contribution in [2.45, 2.75) is 69.6 Å². The Morgan fingerprint density at radius 2 is 1.85 bits per heavy atom. The van der Waals surface area contributed by atoms with E-state index in [0.717, 1.165) is 18.4 Å². The van der Waals surface area contributed by atoms with Gasteiger partial charge in [0.05, 0.1) is 10.6 Å². The number of fused-ring (bicyclic) bond motifs is 1. The smallest absolute Gasteiger partial charge is 0.249 e. The highest BCUT2D eigenvalue weighted by molar-refractivity contribution is 6.34. The van der Waals surface area contributed by atoms with Crippen LogP contribution < -0.4 is 15.8 Å². The third-order valence-corrected chi connectivity index (χ3v) is 8.58. The number of ether oxygens (including phenoxy) is 1. The largest absolute Gasteiger partial charge is 0.480 e. The number of primary amides is 1. The normalized spacial score (nSPS) is 24.3. The van der Waals surface area contributed by atoms with Crippen LogP contribution in [0, 0.1) is 11.6 Å². The highest BCUT2D eigenvalue weighted by atomic mass is 35.5. The highest BCUT2D eigenvalue weighted by Crippen LogP contribution is 2.50. The molecule has 4 N–H and O–H groups in total. The van der Waals surface area contributed by atoms with Crippen molar-refractivity contribution in [2.75, 3.05) is 6.54 Å². The van der Waals surface area contributed by atoms with E-state index in [9.17, 15) is 9.90 Å². The second kappa shape index (κ2) is 10.5. The van der Waals surface area contributed by atoms with Crippen molar-refractivity contribution >= 4 is 17.5 Å². The minimum Gasteiger partial charge on any atom is -0.480 e. The van der Waals surface area contributed by atoms with Gasteiger partial charge in [-0.25, -0.2) is 8.78 Å². The molecule has 1 atom stereocenters. The van der Waals surface area contributed by atoms with Crippen molar-refractivity contribution in [3.8, 4) is 16.9 Å². The van der Waals surface area contributed by atoms with Gasteiger partial charge in [-0.3, -0.25) is 4.79 Å². The van der Waals surface area contributed by atoms with Gasteiger partial charge in [0.25, 0.3) is 0 Å². The Balaban J connectivity index is 1.61. The van der Waals surface area contributed by atoms with Gasteiger partial charge in [0, 0.05) is 47.3 Å². The van der Waals surface area contributed by atoms with Crippen molar-refractivity contribution in [3.05, 3.63) is 87.4 Å². The zero-order valence-corrected chi connectivity index (χ0v) is 22.9. The lowest BCUT2D eigenvalue weighted by Crippen LogP contribution is -2.48. The number of rotatable bonds is 7. The monoisotopic (exact) mass is 554 g/mol. The molecule has 5 nitrogen and oxygen atoms in total. The minimum absolute atomic E-state index is 0.0657. The van der Waals surface area contributed by atoms with Gasteiger partial charge in [-0.2, -0.15) is 0 Å². The molecule has 0 bridgehead atoms. The van der Waals surface area contributed by atoms with E-state index in [4.69, 9.17) is 22.1 Å². The van der Waals surface area contributed by atoms with Crippen LogP contribution in [0.5, 0.6) is 5.75 Å². The van der Waals surface area contributed by atoms with Gasteiger partial charge >= 0.3 is 0 Å². The lowest BCUT2D eigenvalue weighted by molar-refractivity contribution is 0.0104. The predicted octanol–water partition coefficient (Wildman–Crippen LogP) is 6.06. The van der Waals surface area contributed by atoms with Crippen LogP contribution in [-0.4, -0.2) is 29.2 Å². The fraction of sp³-hybridized carbons (Fsp3) is 0.387. The second-order valence-corrected chi connectivity index (χ2v) is 11.4. The average molecular weight is 555 g/mol. The Bertz CT molecular complexity index is 1400. The maximum absolute atomic E-state index is 15.9. The number of carbonyl (C=O) groups is 1. The van der Waals surface area contributed by atoms with Crippen LogP contribution in [0.15, 0.2) is 48.5 Å². The van der Waals surface area contributed by atoms with Crippen LogP contribution in [0.2, 0.25) is 5.02 Å². The molecule has 3 aromatic carbocycles. The first-order valence-corrected chi connectivity index (χ1v) is 13.8. The molecule has 5 rings (SSSR count). The summed E-state index contributed by atoms with van der Waals surface area (Å²) in [5.74, 6) is -1.99. The van der Waals surface area contributed by atoms with Crippen molar-refractivity contribution < 1.29 is 23.4 Å². The van der Waals surface area contributed by atoms with Crippen LogP contribution in [0.25, 0.3) is 11.1 Å². The van der Waals surface area contributed by atoms with Crippen molar-refractivity contribution in [1.29, 1.82) is 0 Å². The molecule has 39 heavy (non-hydrogen) atoms. The zero-order chi connectivity index (χ0) is 27.9. The molecule has 1 fully saturated rings. The van der Waals surface area contributed by atoms with Gasteiger partial charge in [0.15, 0.2) is 5.60 Å². The van der Waals surface area contributed by atoms with Crippen molar-refractivity contribution in [3.63, 3.8) is 0 Å². The number of hydrogen-bond donors (Lipinski definition) is 3. The van der Waals surface area contributed by atoms with Crippen LogP contribution in [-0.2, 0) is 18.4 Å². The molecule has 1 amide bonds. The number of aryl methyl sites for hydroxylation is 1. The first-order valence-electron chi connectivity index (χ1n) is 13.4. The molecule has 1 heterocycles. The lowest BCUT2D eigenvalue weighted by atomic mass is 9.82. The van der Waals surface area contributed by atoms with Gasteiger partial charge in [-0.15, -0.1) is 0 Å². The third-order valence-electron chi connectivity index (χ3n) is 8.21. The molecule has 0 spiro atoms. The minimum atomic E-state index is -0.929. The maximum Gasteiger partial charge on any atom is 0.249 e. The fourth-order valence-corrected chi connectivity index (χ4v) is 6.16. The summed E-state index contributed by atoms with van der Waals surface area (Å²) in [5, 5.41) is 13.7. The second-order valence-electron chi connectivity index (χ2n) is 11.0. The summed E-state index contributed by atoms with van der Waals surface area (Å²) in [6.07, 6.45) is 3.65. The third kappa shape index (κ3) is 5.15. The first kappa shape index (κ1) is 27.6. The molecular weight excluding hydrogens is 522 g/mol. The van der Waals surface area contributed by atoms with Gasteiger partial charge in [-0.05, 0) is 56.2 Å². The topological polar surface area (TPSA) is 84.6 Å². The van der Waals surface area contributed by atoms with Crippen LogP contribution >= 0.6 is 11.6 Å². The summed E-state index contributed by atoms with van der Waals surface area (Å²) >= 11 is 6.53. The molecule has 1 saturated carbocycles. The number of benzene rings is 3. The summed E-state index contributed by atoms with van der Waals surface area (Å²) in [6, 6.07) is 14.0. The van der Waals surface area contributed by atoms with Gasteiger partial charge in [-0.1, -0.05) is 54.9 Å². The van der Waals surface area contributed by atoms with E-state index >= 15 is 8.78 Å². The Morgan fingerprint density at radius 3 is 2.49 bits per heavy atom. The molecule has 0 unspecified atom stereocenters. The lowest BCUT2D eigenvalue weighted by Gasteiger charge is -2.36. The van der Waals surface area contributed by atoms with E-state index in [-0.39, 0.29) is 39.9 Å². The van der Waals surface area contributed by atoms with Gasteiger partial charge in [0.2, 0.25) is 5.91 Å². The van der Waals surface area contributed by atoms with Crippen molar-refractivity contribution in [2.24, 2.45) is 5.73 Å². The number of nitrogens with one attached hydrogen (secondary N) is 1.